The standard InChI is InChI=1S/C12H19N3O3/c1-18-9-10(14-8-15-11(9)17)13-6-12(7-16)4-2-3-5-12/h8,16H,2-7H2,1H3,(H2,13,14,15,17). The number of nitrogens with zero attached hydrogens (tertiary/aromatic N) is 1. The number of hydrogen-bond acceptors (Lipinski definition) is 5. The van der Waals surface area contributed by atoms with Gasteiger partial charge in [-0.1, -0.05) is 12.8 Å². The molecule has 0 atom stereocenters. The van der Waals surface area contributed by atoms with Crippen molar-refractivity contribution in [1.29, 1.82) is 0 Å². The Morgan fingerprint density at radius 1 is 1.56 bits per heavy atom. The highest BCUT2D eigenvalue weighted by molar-refractivity contribution is 5.48. The van der Waals surface area contributed by atoms with Crippen molar-refractivity contribution in [2.75, 3.05) is 25.6 Å². The van der Waals surface area contributed by atoms with Crippen LogP contribution in [0.25, 0.3) is 0 Å². The molecule has 0 bridgehead atoms. The molecule has 2 rings (SSSR count). The van der Waals surface area contributed by atoms with Crippen molar-refractivity contribution < 1.29 is 9.84 Å². The number of aromatic nitrogens is 2. The molecule has 0 aliphatic heterocycles. The molecule has 1 aromatic heterocycles. The van der Waals surface area contributed by atoms with Gasteiger partial charge in [0.25, 0.3) is 5.56 Å². The maximum atomic E-state index is 11.5. The lowest BCUT2D eigenvalue weighted by atomic mass is 9.87. The van der Waals surface area contributed by atoms with Gasteiger partial charge in [0.2, 0.25) is 5.75 Å². The highest BCUT2D eigenvalue weighted by atomic mass is 16.5. The summed E-state index contributed by atoms with van der Waals surface area (Å²) in [4.78, 5) is 18.0. The predicted octanol–water partition coefficient (Wildman–Crippen LogP) is 0.743. The van der Waals surface area contributed by atoms with E-state index in [0.717, 1.165) is 25.7 Å². The SMILES string of the molecule is COc1c(NCC2(CO)CCCC2)nc[nH]c1=O. The molecule has 1 aromatic rings. The summed E-state index contributed by atoms with van der Waals surface area (Å²) in [6.45, 7) is 0.766. The maximum Gasteiger partial charge on any atom is 0.295 e. The molecule has 1 heterocycles. The zero-order valence-electron chi connectivity index (χ0n) is 10.5. The van der Waals surface area contributed by atoms with Crippen LogP contribution in [0.5, 0.6) is 5.75 Å². The van der Waals surface area contributed by atoms with Gasteiger partial charge in [0, 0.05) is 12.0 Å². The molecule has 0 amide bonds. The van der Waals surface area contributed by atoms with Gasteiger partial charge in [-0.25, -0.2) is 4.98 Å². The number of nitrogens with one attached hydrogen (secondary N) is 2. The third-order valence-corrected chi connectivity index (χ3v) is 3.65. The van der Waals surface area contributed by atoms with E-state index in [9.17, 15) is 9.90 Å². The molecule has 0 radical (unpaired) electrons. The lowest BCUT2D eigenvalue weighted by molar-refractivity contribution is 0.142. The molecule has 1 saturated carbocycles. The Bertz CT molecular complexity index is 452. The van der Waals surface area contributed by atoms with Crippen molar-refractivity contribution in [1.82, 2.24) is 9.97 Å². The van der Waals surface area contributed by atoms with Crippen LogP contribution in [-0.2, 0) is 0 Å². The van der Waals surface area contributed by atoms with Gasteiger partial charge in [-0.3, -0.25) is 4.79 Å². The molecule has 6 heteroatoms. The van der Waals surface area contributed by atoms with Gasteiger partial charge < -0.3 is 20.1 Å². The van der Waals surface area contributed by atoms with E-state index in [2.05, 4.69) is 15.3 Å². The number of aliphatic hydroxyl groups is 1. The van der Waals surface area contributed by atoms with E-state index in [1.165, 1.54) is 13.4 Å². The summed E-state index contributed by atoms with van der Waals surface area (Å²) in [6, 6.07) is 0. The Labute approximate surface area is 105 Å². The van der Waals surface area contributed by atoms with Crippen LogP contribution in [0, 0.1) is 5.41 Å². The fraction of sp³-hybridized carbons (Fsp3) is 0.667. The van der Waals surface area contributed by atoms with Crippen LogP contribution in [-0.4, -0.2) is 35.3 Å². The number of anilines is 1. The average molecular weight is 253 g/mol. The molecule has 18 heavy (non-hydrogen) atoms. The second-order valence-electron chi connectivity index (χ2n) is 4.83. The van der Waals surface area contributed by atoms with Crippen molar-refractivity contribution in [3.05, 3.63) is 16.7 Å². The first-order valence-corrected chi connectivity index (χ1v) is 6.17. The number of methoxy groups -OCH3 is 1. The van der Waals surface area contributed by atoms with Crippen molar-refractivity contribution in [2.24, 2.45) is 5.41 Å². The zero-order valence-corrected chi connectivity index (χ0v) is 10.5. The number of ether oxygens (including phenoxy) is 1. The third kappa shape index (κ3) is 2.48. The second-order valence-corrected chi connectivity index (χ2v) is 4.83. The molecule has 1 aliphatic carbocycles. The molecule has 3 N–H and O–H groups in total. The minimum atomic E-state index is -0.306. The molecule has 100 valence electrons. The van der Waals surface area contributed by atoms with E-state index in [0.29, 0.717) is 12.4 Å². The number of rotatable bonds is 5. The van der Waals surface area contributed by atoms with Crippen molar-refractivity contribution >= 4 is 5.82 Å². The quantitative estimate of drug-likeness (QED) is 0.720. The minimum Gasteiger partial charge on any atom is -0.489 e. The van der Waals surface area contributed by atoms with Crippen molar-refractivity contribution in [3.8, 4) is 5.75 Å². The fourth-order valence-corrected chi connectivity index (χ4v) is 2.49. The van der Waals surface area contributed by atoms with Gasteiger partial charge in [-0.2, -0.15) is 0 Å². The van der Waals surface area contributed by atoms with Gasteiger partial charge >= 0.3 is 0 Å². The molecule has 1 fully saturated rings. The van der Waals surface area contributed by atoms with Gasteiger partial charge in [-0.15, -0.1) is 0 Å². The van der Waals surface area contributed by atoms with Crippen LogP contribution in [0.2, 0.25) is 0 Å². The average Bonchev–Trinajstić information content (AvgIpc) is 2.86. The van der Waals surface area contributed by atoms with Crippen LogP contribution < -0.4 is 15.6 Å². The highest BCUT2D eigenvalue weighted by Gasteiger charge is 2.33. The predicted molar refractivity (Wildman–Crippen MR) is 67.9 cm³/mol. The van der Waals surface area contributed by atoms with Crippen LogP contribution in [0.3, 0.4) is 0 Å². The summed E-state index contributed by atoms with van der Waals surface area (Å²) in [5.41, 5.74) is -0.394. The number of aromatic amines is 1. The minimum absolute atomic E-state index is 0.0880. The second kappa shape index (κ2) is 5.39. The lowest BCUT2D eigenvalue weighted by Crippen LogP contribution is -2.31. The summed E-state index contributed by atoms with van der Waals surface area (Å²) in [5, 5.41) is 12.6. The third-order valence-electron chi connectivity index (χ3n) is 3.65. The Hall–Kier alpha value is -1.56. The van der Waals surface area contributed by atoms with Crippen LogP contribution in [0.4, 0.5) is 5.82 Å². The lowest BCUT2D eigenvalue weighted by Gasteiger charge is -2.27. The first kappa shape index (κ1) is 12.9. The maximum absolute atomic E-state index is 11.5. The topological polar surface area (TPSA) is 87.2 Å². The largest absolute Gasteiger partial charge is 0.489 e. The Balaban J connectivity index is 2.10. The summed E-state index contributed by atoms with van der Waals surface area (Å²) in [6.07, 6.45) is 5.63. The first-order valence-electron chi connectivity index (χ1n) is 6.17. The smallest absolute Gasteiger partial charge is 0.295 e. The van der Waals surface area contributed by atoms with Gasteiger partial charge in [0.05, 0.1) is 20.0 Å². The van der Waals surface area contributed by atoms with Crippen LogP contribution >= 0.6 is 0 Å². The van der Waals surface area contributed by atoms with E-state index in [1.54, 1.807) is 0 Å². The Morgan fingerprint density at radius 3 is 2.89 bits per heavy atom. The summed E-state index contributed by atoms with van der Waals surface area (Å²) >= 11 is 0. The van der Waals surface area contributed by atoms with E-state index >= 15 is 0 Å². The molecular formula is C12H19N3O3. The summed E-state index contributed by atoms with van der Waals surface area (Å²) < 4.78 is 5.03. The summed E-state index contributed by atoms with van der Waals surface area (Å²) in [7, 11) is 1.44. The molecular weight excluding hydrogens is 234 g/mol. The number of H-pyrrole nitrogens is 1. The van der Waals surface area contributed by atoms with Crippen molar-refractivity contribution in [3.63, 3.8) is 0 Å². The van der Waals surface area contributed by atoms with E-state index in [-0.39, 0.29) is 23.3 Å². The molecule has 0 aromatic carbocycles. The Kier molecular flexibility index (Phi) is 3.86. The summed E-state index contributed by atoms with van der Waals surface area (Å²) in [5.74, 6) is 0.615. The van der Waals surface area contributed by atoms with Gasteiger partial charge in [0.1, 0.15) is 0 Å². The normalized spacial score (nSPS) is 17.7. The molecule has 0 saturated heterocycles. The van der Waals surface area contributed by atoms with E-state index in [4.69, 9.17) is 4.74 Å². The number of aliphatic hydroxyl groups excluding tert-OH is 1. The van der Waals surface area contributed by atoms with Crippen LogP contribution in [0.1, 0.15) is 25.7 Å². The number of hydrogen-bond donors (Lipinski definition) is 3. The molecule has 0 spiro atoms. The van der Waals surface area contributed by atoms with Crippen molar-refractivity contribution in [2.45, 2.75) is 25.7 Å². The molecule has 6 nitrogen and oxygen atoms in total. The van der Waals surface area contributed by atoms with E-state index in [1.807, 2.05) is 0 Å². The monoisotopic (exact) mass is 253 g/mol. The van der Waals surface area contributed by atoms with Gasteiger partial charge in [-0.05, 0) is 12.8 Å². The highest BCUT2D eigenvalue weighted by Crippen LogP contribution is 2.37. The van der Waals surface area contributed by atoms with E-state index < -0.39 is 0 Å². The first-order chi connectivity index (χ1) is 8.71. The fourth-order valence-electron chi connectivity index (χ4n) is 2.49. The van der Waals surface area contributed by atoms with Crippen LogP contribution in [0.15, 0.2) is 11.1 Å². The zero-order chi connectivity index (χ0) is 13.0. The molecule has 1 aliphatic rings. The Morgan fingerprint density at radius 2 is 2.28 bits per heavy atom. The van der Waals surface area contributed by atoms with Gasteiger partial charge in [0.15, 0.2) is 5.82 Å². The molecule has 0 unspecified atom stereocenters.